The van der Waals surface area contributed by atoms with Crippen LogP contribution in [0.5, 0.6) is 0 Å². The molecular formula is C15H21ClIN5O. The normalized spacial score (nSPS) is 11.0. The predicted octanol–water partition coefficient (Wildman–Crippen LogP) is 2.60. The van der Waals surface area contributed by atoms with Gasteiger partial charge in [0, 0.05) is 31.6 Å². The van der Waals surface area contributed by atoms with E-state index < -0.39 is 0 Å². The Hall–Kier alpha value is -1.35. The minimum absolute atomic E-state index is 0. The van der Waals surface area contributed by atoms with Crippen molar-refractivity contribution in [3.63, 3.8) is 0 Å². The van der Waals surface area contributed by atoms with Crippen molar-refractivity contribution >= 4 is 41.5 Å². The van der Waals surface area contributed by atoms with Crippen LogP contribution < -0.4 is 10.6 Å². The molecule has 0 atom stereocenters. The zero-order valence-corrected chi connectivity index (χ0v) is 16.3. The van der Waals surface area contributed by atoms with Gasteiger partial charge < -0.3 is 15.2 Å². The van der Waals surface area contributed by atoms with Gasteiger partial charge in [-0.15, -0.1) is 24.0 Å². The van der Waals surface area contributed by atoms with Crippen molar-refractivity contribution in [1.29, 1.82) is 0 Å². The summed E-state index contributed by atoms with van der Waals surface area (Å²) in [7, 11) is 1.74. The lowest BCUT2D eigenvalue weighted by Gasteiger charge is -2.11. The molecular weight excluding hydrogens is 429 g/mol. The van der Waals surface area contributed by atoms with Crippen LogP contribution >= 0.6 is 35.6 Å². The molecule has 0 aliphatic carbocycles. The second-order valence-corrected chi connectivity index (χ2v) is 5.22. The lowest BCUT2D eigenvalue weighted by atomic mass is 10.1. The summed E-state index contributed by atoms with van der Waals surface area (Å²) in [5.41, 5.74) is 1.23. The number of halogens is 2. The highest BCUT2D eigenvalue weighted by Crippen LogP contribution is 2.09. The SMILES string of the molecule is CN=C(NCCc1ccc(Cl)cc1)NCCc1nc(C)no1.I. The third-order valence-electron chi connectivity index (χ3n) is 3.04. The Morgan fingerprint density at radius 2 is 1.83 bits per heavy atom. The van der Waals surface area contributed by atoms with E-state index in [4.69, 9.17) is 16.1 Å². The van der Waals surface area contributed by atoms with Crippen LogP contribution in [0, 0.1) is 6.92 Å². The summed E-state index contributed by atoms with van der Waals surface area (Å²) in [5, 5.41) is 11.0. The standard InChI is InChI=1S/C15H20ClN5O.HI/c1-11-20-14(22-21-11)8-10-19-15(17-2)18-9-7-12-3-5-13(16)6-4-12;/h3-6H,7-10H2,1-2H3,(H2,17,18,19);1H. The molecule has 0 amide bonds. The molecule has 0 radical (unpaired) electrons. The molecule has 0 saturated heterocycles. The first-order valence-electron chi connectivity index (χ1n) is 7.15. The van der Waals surface area contributed by atoms with E-state index in [9.17, 15) is 0 Å². The molecule has 1 aromatic heterocycles. The van der Waals surface area contributed by atoms with Crippen LogP contribution in [0.3, 0.4) is 0 Å². The molecule has 0 unspecified atom stereocenters. The second kappa shape index (κ2) is 10.4. The van der Waals surface area contributed by atoms with Crippen molar-refractivity contribution in [2.24, 2.45) is 4.99 Å². The molecule has 126 valence electrons. The molecule has 2 N–H and O–H groups in total. The van der Waals surface area contributed by atoms with Crippen molar-refractivity contribution in [1.82, 2.24) is 20.8 Å². The fraction of sp³-hybridized carbons (Fsp3) is 0.400. The minimum atomic E-state index is 0. The molecule has 0 aliphatic heterocycles. The summed E-state index contributed by atoms with van der Waals surface area (Å²) in [4.78, 5) is 8.33. The maximum Gasteiger partial charge on any atom is 0.228 e. The highest BCUT2D eigenvalue weighted by atomic mass is 127. The fourth-order valence-electron chi connectivity index (χ4n) is 1.93. The summed E-state index contributed by atoms with van der Waals surface area (Å²) in [5.74, 6) is 2.03. The van der Waals surface area contributed by atoms with Gasteiger partial charge in [0.25, 0.3) is 0 Å². The van der Waals surface area contributed by atoms with Crippen molar-refractivity contribution in [2.45, 2.75) is 19.8 Å². The Balaban J connectivity index is 0.00000264. The average molecular weight is 450 g/mol. The molecule has 0 spiro atoms. The third-order valence-corrected chi connectivity index (χ3v) is 3.30. The number of guanidine groups is 1. The van der Waals surface area contributed by atoms with E-state index in [0.29, 0.717) is 24.7 Å². The minimum Gasteiger partial charge on any atom is -0.356 e. The number of aryl methyl sites for hydroxylation is 1. The summed E-state index contributed by atoms with van der Waals surface area (Å²) in [6.07, 6.45) is 1.57. The van der Waals surface area contributed by atoms with E-state index in [-0.39, 0.29) is 24.0 Å². The molecule has 0 bridgehead atoms. The largest absolute Gasteiger partial charge is 0.356 e. The predicted molar refractivity (Wildman–Crippen MR) is 103 cm³/mol. The molecule has 0 saturated carbocycles. The summed E-state index contributed by atoms with van der Waals surface area (Å²) < 4.78 is 5.06. The van der Waals surface area contributed by atoms with E-state index in [0.717, 1.165) is 23.9 Å². The van der Waals surface area contributed by atoms with Gasteiger partial charge in [-0.2, -0.15) is 4.98 Å². The van der Waals surface area contributed by atoms with Crippen molar-refractivity contribution in [3.8, 4) is 0 Å². The zero-order valence-electron chi connectivity index (χ0n) is 13.2. The maximum atomic E-state index is 5.87. The molecule has 2 rings (SSSR count). The van der Waals surface area contributed by atoms with E-state index in [1.54, 1.807) is 14.0 Å². The van der Waals surface area contributed by atoms with Gasteiger partial charge in [-0.3, -0.25) is 4.99 Å². The van der Waals surface area contributed by atoms with Gasteiger partial charge in [0.15, 0.2) is 11.8 Å². The molecule has 0 aliphatic rings. The number of benzene rings is 1. The number of hydrogen-bond acceptors (Lipinski definition) is 4. The van der Waals surface area contributed by atoms with Gasteiger partial charge in [0.05, 0.1) is 0 Å². The lowest BCUT2D eigenvalue weighted by molar-refractivity contribution is 0.374. The Morgan fingerprint density at radius 3 is 2.39 bits per heavy atom. The lowest BCUT2D eigenvalue weighted by Crippen LogP contribution is -2.39. The van der Waals surface area contributed by atoms with Crippen LogP contribution in [0.2, 0.25) is 5.02 Å². The highest BCUT2D eigenvalue weighted by molar-refractivity contribution is 14.0. The molecule has 0 fully saturated rings. The number of aliphatic imine (C=N–C) groups is 1. The number of nitrogens with one attached hydrogen (secondary N) is 2. The second-order valence-electron chi connectivity index (χ2n) is 4.79. The van der Waals surface area contributed by atoms with Crippen LogP contribution in [-0.4, -0.2) is 36.2 Å². The zero-order chi connectivity index (χ0) is 15.8. The molecule has 23 heavy (non-hydrogen) atoms. The Morgan fingerprint density at radius 1 is 1.17 bits per heavy atom. The van der Waals surface area contributed by atoms with Gasteiger partial charge in [0.1, 0.15) is 0 Å². The molecule has 2 aromatic rings. The number of rotatable bonds is 6. The van der Waals surface area contributed by atoms with Crippen LogP contribution in [-0.2, 0) is 12.8 Å². The summed E-state index contributed by atoms with van der Waals surface area (Å²) in [6.45, 7) is 3.28. The van der Waals surface area contributed by atoms with Gasteiger partial charge in [-0.25, -0.2) is 0 Å². The van der Waals surface area contributed by atoms with Crippen LogP contribution in [0.4, 0.5) is 0 Å². The van der Waals surface area contributed by atoms with Gasteiger partial charge >= 0.3 is 0 Å². The van der Waals surface area contributed by atoms with Gasteiger partial charge in [-0.1, -0.05) is 28.9 Å². The van der Waals surface area contributed by atoms with Gasteiger partial charge in [-0.05, 0) is 31.0 Å². The van der Waals surface area contributed by atoms with E-state index in [2.05, 4.69) is 25.8 Å². The first-order valence-corrected chi connectivity index (χ1v) is 7.53. The van der Waals surface area contributed by atoms with Crippen LogP contribution in [0.15, 0.2) is 33.8 Å². The number of hydrogen-bond donors (Lipinski definition) is 2. The maximum absolute atomic E-state index is 5.87. The van der Waals surface area contributed by atoms with Crippen molar-refractivity contribution in [3.05, 3.63) is 46.6 Å². The third kappa shape index (κ3) is 7.17. The molecule has 6 nitrogen and oxygen atoms in total. The smallest absolute Gasteiger partial charge is 0.228 e. The molecule has 1 heterocycles. The monoisotopic (exact) mass is 449 g/mol. The topological polar surface area (TPSA) is 75.3 Å². The van der Waals surface area contributed by atoms with E-state index in [1.807, 2.05) is 24.3 Å². The Labute approximate surface area is 158 Å². The number of nitrogens with zero attached hydrogens (tertiary/aromatic N) is 3. The molecule has 1 aromatic carbocycles. The average Bonchev–Trinajstić information content (AvgIpc) is 2.93. The molecule has 8 heteroatoms. The van der Waals surface area contributed by atoms with Crippen LogP contribution in [0.25, 0.3) is 0 Å². The number of aromatic nitrogens is 2. The van der Waals surface area contributed by atoms with Crippen molar-refractivity contribution < 1.29 is 4.52 Å². The first kappa shape index (κ1) is 19.7. The van der Waals surface area contributed by atoms with E-state index >= 15 is 0 Å². The fourth-order valence-corrected chi connectivity index (χ4v) is 2.05. The van der Waals surface area contributed by atoms with E-state index in [1.165, 1.54) is 5.56 Å². The summed E-state index contributed by atoms with van der Waals surface area (Å²) in [6, 6.07) is 7.85. The highest BCUT2D eigenvalue weighted by Gasteiger charge is 2.03. The first-order chi connectivity index (χ1) is 10.7. The van der Waals surface area contributed by atoms with Crippen molar-refractivity contribution in [2.75, 3.05) is 20.1 Å². The quantitative estimate of drug-likeness (QED) is 0.403. The summed E-state index contributed by atoms with van der Waals surface area (Å²) >= 11 is 5.87. The van der Waals surface area contributed by atoms with Gasteiger partial charge in [0.2, 0.25) is 5.89 Å². The van der Waals surface area contributed by atoms with Crippen LogP contribution in [0.1, 0.15) is 17.3 Å². The Kier molecular flexibility index (Phi) is 8.93. The Bertz CT molecular complexity index is 615.